The largest absolute Gasteiger partial charge is 0.394 e. The first-order valence-electron chi connectivity index (χ1n) is 4.43. The summed E-state index contributed by atoms with van der Waals surface area (Å²) < 4.78 is 13.4. The number of aliphatic hydroxyl groups is 1. The van der Waals surface area contributed by atoms with Crippen LogP contribution in [0.1, 0.15) is 11.1 Å². The second kappa shape index (κ2) is 3.53. The highest BCUT2D eigenvalue weighted by molar-refractivity contribution is 7.98. The molecule has 3 N–H and O–H groups in total. The van der Waals surface area contributed by atoms with E-state index in [0.717, 1.165) is 5.56 Å². The number of benzene rings is 1. The molecule has 0 radical (unpaired) electrons. The van der Waals surface area contributed by atoms with Gasteiger partial charge in [0.1, 0.15) is 5.82 Å². The third-order valence-electron chi connectivity index (χ3n) is 2.54. The number of rotatable bonds is 1. The molecule has 14 heavy (non-hydrogen) atoms. The fourth-order valence-electron chi connectivity index (χ4n) is 1.72. The van der Waals surface area contributed by atoms with Crippen molar-refractivity contribution in [1.82, 2.24) is 0 Å². The van der Waals surface area contributed by atoms with Gasteiger partial charge in [0.15, 0.2) is 0 Å². The van der Waals surface area contributed by atoms with Gasteiger partial charge in [0, 0.05) is 17.1 Å². The van der Waals surface area contributed by atoms with Gasteiger partial charge in [-0.15, -0.1) is 0 Å². The van der Waals surface area contributed by atoms with Gasteiger partial charge in [0.25, 0.3) is 0 Å². The summed E-state index contributed by atoms with van der Waals surface area (Å²) in [7, 11) is 0. The highest BCUT2D eigenvalue weighted by Gasteiger charge is 2.33. The van der Waals surface area contributed by atoms with Crippen molar-refractivity contribution in [3.8, 4) is 0 Å². The Morgan fingerprint density at radius 2 is 2.36 bits per heavy atom. The molecule has 1 aliphatic rings. The first kappa shape index (κ1) is 9.96. The molecule has 1 aromatic rings. The second-order valence-electron chi connectivity index (χ2n) is 3.57. The van der Waals surface area contributed by atoms with Crippen molar-refractivity contribution in [3.05, 3.63) is 35.1 Å². The molecule has 0 aliphatic carbocycles. The van der Waals surface area contributed by atoms with E-state index in [1.807, 2.05) is 0 Å². The van der Waals surface area contributed by atoms with Gasteiger partial charge < -0.3 is 10.8 Å². The van der Waals surface area contributed by atoms with E-state index in [2.05, 4.69) is 0 Å². The lowest BCUT2D eigenvalue weighted by molar-refractivity contribution is 0.211. The second-order valence-corrected chi connectivity index (χ2v) is 4.56. The lowest BCUT2D eigenvalue weighted by Crippen LogP contribution is -2.45. The van der Waals surface area contributed by atoms with Crippen molar-refractivity contribution in [2.45, 2.75) is 11.3 Å². The molecule has 0 spiro atoms. The summed E-state index contributed by atoms with van der Waals surface area (Å²) in [6, 6.07) is 4.87. The number of aliphatic hydroxyl groups excluding tert-OH is 1. The fraction of sp³-hybridized carbons (Fsp3) is 0.400. The van der Waals surface area contributed by atoms with Crippen LogP contribution in [0.3, 0.4) is 0 Å². The summed E-state index contributed by atoms with van der Waals surface area (Å²) in [5.41, 5.74) is 6.61. The van der Waals surface area contributed by atoms with Gasteiger partial charge in [-0.05, 0) is 11.6 Å². The summed E-state index contributed by atoms with van der Waals surface area (Å²) in [5.74, 6) is 1.05. The van der Waals surface area contributed by atoms with Crippen LogP contribution in [0.5, 0.6) is 0 Å². The topological polar surface area (TPSA) is 46.2 Å². The molecule has 4 heteroatoms. The zero-order chi connectivity index (χ0) is 10.2. The third kappa shape index (κ3) is 1.43. The van der Waals surface area contributed by atoms with Gasteiger partial charge in [-0.1, -0.05) is 12.1 Å². The van der Waals surface area contributed by atoms with Gasteiger partial charge in [0.05, 0.1) is 12.1 Å². The van der Waals surface area contributed by atoms with Gasteiger partial charge in [-0.25, -0.2) is 4.39 Å². The van der Waals surface area contributed by atoms with Crippen LogP contribution in [0, 0.1) is 5.82 Å². The number of halogens is 1. The number of thioether (sulfide) groups is 1. The van der Waals surface area contributed by atoms with Crippen molar-refractivity contribution < 1.29 is 9.50 Å². The molecule has 1 atom stereocenters. The minimum atomic E-state index is -0.777. The van der Waals surface area contributed by atoms with E-state index >= 15 is 0 Å². The lowest BCUT2D eigenvalue weighted by Gasteiger charge is -2.33. The van der Waals surface area contributed by atoms with Crippen molar-refractivity contribution in [2.24, 2.45) is 5.73 Å². The molecule has 0 saturated carbocycles. The summed E-state index contributed by atoms with van der Waals surface area (Å²) in [4.78, 5) is 0. The summed E-state index contributed by atoms with van der Waals surface area (Å²) >= 11 is 1.56. The Labute approximate surface area is 86.3 Å². The highest BCUT2D eigenvalue weighted by Crippen LogP contribution is 2.35. The van der Waals surface area contributed by atoms with Crippen LogP contribution < -0.4 is 5.73 Å². The van der Waals surface area contributed by atoms with Gasteiger partial charge >= 0.3 is 0 Å². The SMILES string of the molecule is NC1(CO)CSCc2c(F)cccc21. The quantitative estimate of drug-likeness (QED) is 0.737. The maximum Gasteiger partial charge on any atom is 0.127 e. The maximum atomic E-state index is 13.4. The minimum Gasteiger partial charge on any atom is -0.394 e. The molecule has 2 nitrogen and oxygen atoms in total. The molecule has 1 heterocycles. The van der Waals surface area contributed by atoms with E-state index in [9.17, 15) is 9.50 Å². The molecule has 1 aliphatic heterocycles. The number of nitrogens with two attached hydrogens (primary N) is 1. The van der Waals surface area contributed by atoms with Crippen LogP contribution >= 0.6 is 11.8 Å². The van der Waals surface area contributed by atoms with E-state index < -0.39 is 5.54 Å². The lowest BCUT2D eigenvalue weighted by atomic mass is 9.89. The third-order valence-corrected chi connectivity index (χ3v) is 3.76. The van der Waals surface area contributed by atoms with Gasteiger partial charge in [0.2, 0.25) is 0 Å². The highest BCUT2D eigenvalue weighted by atomic mass is 32.2. The van der Waals surface area contributed by atoms with E-state index in [1.54, 1.807) is 23.9 Å². The molecule has 0 saturated heterocycles. The Balaban J connectivity index is 2.55. The summed E-state index contributed by atoms with van der Waals surface area (Å²) in [5, 5.41) is 9.23. The Morgan fingerprint density at radius 1 is 1.57 bits per heavy atom. The van der Waals surface area contributed by atoms with E-state index in [0.29, 0.717) is 17.1 Å². The molecule has 76 valence electrons. The van der Waals surface area contributed by atoms with E-state index in [-0.39, 0.29) is 12.4 Å². The molecule has 2 rings (SSSR count). The molecule has 1 unspecified atom stereocenters. The van der Waals surface area contributed by atoms with Crippen molar-refractivity contribution in [3.63, 3.8) is 0 Å². The minimum absolute atomic E-state index is 0.142. The van der Waals surface area contributed by atoms with Crippen LogP contribution in [0.15, 0.2) is 18.2 Å². The molecule has 1 aromatic carbocycles. The van der Waals surface area contributed by atoms with Crippen molar-refractivity contribution in [2.75, 3.05) is 12.4 Å². The summed E-state index contributed by atoms with van der Waals surface area (Å²) in [6.45, 7) is -0.142. The molecular weight excluding hydrogens is 201 g/mol. The Hall–Kier alpha value is -0.580. The average Bonchev–Trinajstić information content (AvgIpc) is 2.20. The van der Waals surface area contributed by atoms with Crippen molar-refractivity contribution in [1.29, 1.82) is 0 Å². The van der Waals surface area contributed by atoms with Gasteiger partial charge in [-0.3, -0.25) is 0 Å². The fourth-order valence-corrected chi connectivity index (χ4v) is 2.93. The standard InChI is InChI=1S/C10H12FNOS/c11-9-3-1-2-8-7(9)4-14-6-10(8,12)5-13/h1-3,13H,4-6,12H2. The molecule has 0 bridgehead atoms. The van der Waals surface area contributed by atoms with E-state index in [1.165, 1.54) is 6.07 Å². The Kier molecular flexibility index (Phi) is 2.51. The maximum absolute atomic E-state index is 13.4. The smallest absolute Gasteiger partial charge is 0.127 e. The molecular formula is C10H12FNOS. The molecule has 0 amide bonds. The van der Waals surface area contributed by atoms with Crippen LogP contribution in [-0.2, 0) is 11.3 Å². The predicted octanol–water partition coefficient (Wildman–Crippen LogP) is 1.22. The first-order valence-corrected chi connectivity index (χ1v) is 5.58. The zero-order valence-corrected chi connectivity index (χ0v) is 8.48. The normalized spacial score (nSPS) is 25.9. The average molecular weight is 213 g/mol. The van der Waals surface area contributed by atoms with Gasteiger partial charge in [-0.2, -0.15) is 11.8 Å². The van der Waals surface area contributed by atoms with Crippen LogP contribution in [0.4, 0.5) is 4.39 Å². The number of hydrogen-bond donors (Lipinski definition) is 2. The number of fused-ring (bicyclic) bond motifs is 1. The van der Waals surface area contributed by atoms with Crippen LogP contribution in [-0.4, -0.2) is 17.5 Å². The first-order chi connectivity index (χ1) is 6.67. The zero-order valence-electron chi connectivity index (χ0n) is 7.66. The predicted molar refractivity (Wildman–Crippen MR) is 55.5 cm³/mol. The Morgan fingerprint density at radius 3 is 3.07 bits per heavy atom. The monoisotopic (exact) mass is 213 g/mol. The number of hydrogen-bond acceptors (Lipinski definition) is 3. The van der Waals surface area contributed by atoms with Crippen LogP contribution in [0.2, 0.25) is 0 Å². The molecule has 0 aromatic heterocycles. The van der Waals surface area contributed by atoms with E-state index in [4.69, 9.17) is 5.73 Å². The van der Waals surface area contributed by atoms with Crippen molar-refractivity contribution >= 4 is 11.8 Å². The molecule has 0 fully saturated rings. The Bertz CT molecular complexity index is 358. The summed E-state index contributed by atoms with van der Waals surface area (Å²) in [6.07, 6.45) is 0. The van der Waals surface area contributed by atoms with Crippen LogP contribution in [0.25, 0.3) is 0 Å².